The summed E-state index contributed by atoms with van der Waals surface area (Å²) in [5.41, 5.74) is 9.26. The molecule has 1 aromatic heterocycles. The molecule has 1 saturated heterocycles. The highest BCUT2D eigenvalue weighted by molar-refractivity contribution is 7.22. The number of para-hydroxylation sites is 1. The zero-order chi connectivity index (χ0) is 22.9. The van der Waals surface area contributed by atoms with Gasteiger partial charge in [-0.05, 0) is 100 Å². The van der Waals surface area contributed by atoms with E-state index in [4.69, 9.17) is 10.5 Å². The minimum absolute atomic E-state index is 0.00289. The van der Waals surface area contributed by atoms with Gasteiger partial charge in [0.1, 0.15) is 5.75 Å². The lowest BCUT2D eigenvalue weighted by Gasteiger charge is -2.41. The molecular weight excluding hydrogens is 416 g/mol. The molecule has 2 aromatic carbocycles. The molecule has 170 valence electrons. The normalized spacial score (nSPS) is 15.9. The van der Waals surface area contributed by atoms with Crippen LogP contribution in [0.5, 0.6) is 5.75 Å². The number of carbonyl (C=O) groups is 1. The second-order valence-electron chi connectivity index (χ2n) is 9.70. The molecule has 0 saturated carbocycles. The second kappa shape index (κ2) is 9.24. The van der Waals surface area contributed by atoms with Crippen molar-refractivity contribution in [2.45, 2.75) is 58.4 Å². The molecule has 0 atom stereocenters. The fourth-order valence-electron chi connectivity index (χ4n) is 4.68. The van der Waals surface area contributed by atoms with Crippen LogP contribution in [0.3, 0.4) is 0 Å². The van der Waals surface area contributed by atoms with Crippen LogP contribution in [-0.2, 0) is 0 Å². The number of ketones is 1. The molecule has 4 nitrogen and oxygen atoms in total. The number of hydrogen-bond donors (Lipinski definition) is 1. The van der Waals surface area contributed by atoms with Gasteiger partial charge in [-0.15, -0.1) is 11.3 Å². The van der Waals surface area contributed by atoms with Crippen LogP contribution in [0.4, 0.5) is 5.00 Å². The largest absolute Gasteiger partial charge is 0.493 e. The maximum Gasteiger partial charge on any atom is 0.196 e. The van der Waals surface area contributed by atoms with Crippen molar-refractivity contribution < 1.29 is 9.53 Å². The zero-order valence-corrected chi connectivity index (χ0v) is 20.4. The Morgan fingerprint density at radius 1 is 1.16 bits per heavy atom. The molecule has 1 aliphatic rings. The van der Waals surface area contributed by atoms with Crippen molar-refractivity contribution in [3.8, 4) is 5.75 Å². The Morgan fingerprint density at radius 3 is 2.56 bits per heavy atom. The smallest absolute Gasteiger partial charge is 0.196 e. The number of rotatable bonds is 6. The molecule has 32 heavy (non-hydrogen) atoms. The molecular formula is C27H34N2O2S. The molecule has 1 fully saturated rings. The van der Waals surface area contributed by atoms with Gasteiger partial charge in [0.15, 0.2) is 5.78 Å². The average Bonchev–Trinajstić information content (AvgIpc) is 3.11. The number of benzene rings is 2. The molecule has 3 aromatic rings. The number of anilines is 1. The molecule has 0 bridgehead atoms. The van der Waals surface area contributed by atoms with Crippen molar-refractivity contribution in [3.63, 3.8) is 0 Å². The quantitative estimate of drug-likeness (QED) is 0.437. The Morgan fingerprint density at radius 2 is 1.88 bits per heavy atom. The molecule has 1 aliphatic heterocycles. The first kappa shape index (κ1) is 22.8. The third-order valence-electron chi connectivity index (χ3n) is 6.46. The predicted octanol–water partition coefficient (Wildman–Crippen LogP) is 6.48. The highest BCUT2D eigenvalue weighted by Crippen LogP contribution is 2.43. The van der Waals surface area contributed by atoms with Gasteiger partial charge in [-0.2, -0.15) is 0 Å². The van der Waals surface area contributed by atoms with E-state index >= 15 is 0 Å². The number of fused-ring (bicyclic) bond motifs is 1. The van der Waals surface area contributed by atoms with Crippen LogP contribution in [0.1, 0.15) is 74.4 Å². The molecule has 2 N–H and O–H groups in total. The highest BCUT2D eigenvalue weighted by atomic mass is 32.1. The van der Waals surface area contributed by atoms with Crippen molar-refractivity contribution >= 4 is 32.2 Å². The van der Waals surface area contributed by atoms with Gasteiger partial charge < -0.3 is 10.5 Å². The van der Waals surface area contributed by atoms with E-state index in [-0.39, 0.29) is 11.3 Å². The number of nitrogens with two attached hydrogens (primary N) is 1. The SMILES string of the molecule is CCCOc1ccccc1C(=O)c1ccc2sc(N)c(C3CCN(C(C)(C)C)CC3)c2c1. The van der Waals surface area contributed by atoms with E-state index in [1.807, 2.05) is 42.5 Å². The van der Waals surface area contributed by atoms with E-state index in [0.717, 1.165) is 47.4 Å². The van der Waals surface area contributed by atoms with Crippen LogP contribution in [0.2, 0.25) is 0 Å². The molecule has 4 rings (SSSR count). The fraction of sp³-hybridized carbons (Fsp3) is 0.444. The minimum atomic E-state index is -0.00289. The number of carbonyl (C=O) groups excluding carboxylic acids is 1. The van der Waals surface area contributed by atoms with E-state index in [1.165, 1.54) is 5.56 Å². The summed E-state index contributed by atoms with van der Waals surface area (Å²) in [4.78, 5) is 16.0. The van der Waals surface area contributed by atoms with Crippen LogP contribution >= 0.6 is 11.3 Å². The number of nitrogens with zero attached hydrogens (tertiary/aromatic N) is 1. The first-order valence-electron chi connectivity index (χ1n) is 11.6. The third kappa shape index (κ3) is 4.55. The molecule has 0 spiro atoms. The van der Waals surface area contributed by atoms with Gasteiger partial charge in [0, 0.05) is 15.8 Å². The molecule has 0 radical (unpaired) electrons. The lowest BCUT2D eigenvalue weighted by molar-refractivity contribution is 0.102. The summed E-state index contributed by atoms with van der Waals surface area (Å²) in [5, 5.41) is 2.03. The van der Waals surface area contributed by atoms with Crippen LogP contribution in [0, 0.1) is 0 Å². The van der Waals surface area contributed by atoms with Gasteiger partial charge in [0.2, 0.25) is 0 Å². The Balaban J connectivity index is 1.65. The van der Waals surface area contributed by atoms with E-state index < -0.39 is 0 Å². The van der Waals surface area contributed by atoms with Gasteiger partial charge in [-0.3, -0.25) is 9.69 Å². The minimum Gasteiger partial charge on any atom is -0.493 e. The number of ether oxygens (including phenoxy) is 1. The van der Waals surface area contributed by atoms with Crippen molar-refractivity contribution in [3.05, 3.63) is 59.2 Å². The first-order valence-corrected chi connectivity index (χ1v) is 12.4. The van der Waals surface area contributed by atoms with Crippen molar-refractivity contribution in [1.29, 1.82) is 0 Å². The Bertz CT molecular complexity index is 1100. The third-order valence-corrected chi connectivity index (χ3v) is 7.48. The predicted molar refractivity (Wildman–Crippen MR) is 135 cm³/mol. The van der Waals surface area contributed by atoms with Crippen molar-refractivity contribution in [1.82, 2.24) is 4.90 Å². The monoisotopic (exact) mass is 450 g/mol. The lowest BCUT2D eigenvalue weighted by atomic mass is 9.86. The van der Waals surface area contributed by atoms with Gasteiger partial charge in [0.05, 0.1) is 17.2 Å². The number of piperidine rings is 1. The van der Waals surface area contributed by atoms with Crippen LogP contribution in [-0.4, -0.2) is 35.9 Å². The molecule has 5 heteroatoms. The zero-order valence-electron chi connectivity index (χ0n) is 19.6. The van der Waals surface area contributed by atoms with Crippen molar-refractivity contribution in [2.24, 2.45) is 0 Å². The molecule has 0 unspecified atom stereocenters. The summed E-state index contributed by atoms with van der Waals surface area (Å²) in [6, 6.07) is 13.5. The first-order chi connectivity index (χ1) is 15.3. The van der Waals surface area contributed by atoms with Crippen LogP contribution in [0.15, 0.2) is 42.5 Å². The highest BCUT2D eigenvalue weighted by Gasteiger charge is 2.30. The number of nitrogen functional groups attached to an aromatic ring is 1. The van der Waals surface area contributed by atoms with E-state index in [2.05, 4.69) is 32.6 Å². The summed E-state index contributed by atoms with van der Waals surface area (Å²) in [7, 11) is 0. The summed E-state index contributed by atoms with van der Waals surface area (Å²) >= 11 is 1.64. The molecule has 0 aliphatic carbocycles. The van der Waals surface area contributed by atoms with E-state index in [1.54, 1.807) is 11.3 Å². The summed E-state index contributed by atoms with van der Waals surface area (Å²) in [6.45, 7) is 11.6. The Labute approximate surface area is 195 Å². The fourth-order valence-corrected chi connectivity index (χ4v) is 5.72. The lowest BCUT2D eigenvalue weighted by Crippen LogP contribution is -2.45. The Hall–Kier alpha value is -2.37. The summed E-state index contributed by atoms with van der Waals surface area (Å²) in [5.74, 6) is 1.09. The van der Waals surface area contributed by atoms with E-state index in [0.29, 0.717) is 29.4 Å². The van der Waals surface area contributed by atoms with Gasteiger partial charge >= 0.3 is 0 Å². The van der Waals surface area contributed by atoms with Crippen LogP contribution < -0.4 is 10.5 Å². The van der Waals surface area contributed by atoms with E-state index in [9.17, 15) is 4.79 Å². The molecule has 2 heterocycles. The number of thiophene rings is 1. The topological polar surface area (TPSA) is 55.6 Å². The molecule has 0 amide bonds. The van der Waals surface area contributed by atoms with Crippen LogP contribution in [0.25, 0.3) is 10.1 Å². The van der Waals surface area contributed by atoms with Gasteiger partial charge in [-0.1, -0.05) is 19.1 Å². The summed E-state index contributed by atoms with van der Waals surface area (Å²) < 4.78 is 6.99. The second-order valence-corrected chi connectivity index (χ2v) is 10.8. The van der Waals surface area contributed by atoms with Gasteiger partial charge in [-0.25, -0.2) is 0 Å². The number of hydrogen-bond acceptors (Lipinski definition) is 5. The maximum atomic E-state index is 13.4. The standard InChI is InChI=1S/C27H34N2O2S/c1-5-16-31-22-9-7-6-8-20(22)25(30)19-10-11-23-21(17-19)24(26(28)32-23)18-12-14-29(15-13-18)27(2,3)4/h6-11,17-18H,5,12-16,28H2,1-4H3. The maximum absolute atomic E-state index is 13.4. The van der Waals surface area contributed by atoms with Gasteiger partial charge in [0.25, 0.3) is 0 Å². The van der Waals surface area contributed by atoms with Crippen molar-refractivity contribution in [2.75, 3.05) is 25.4 Å². The number of likely N-dealkylation sites (tertiary alicyclic amines) is 1. The average molecular weight is 451 g/mol. The Kier molecular flexibility index (Phi) is 6.59. The summed E-state index contributed by atoms with van der Waals surface area (Å²) in [6.07, 6.45) is 3.10.